The van der Waals surface area contributed by atoms with Crippen molar-refractivity contribution in [3.8, 4) is 5.75 Å². The Kier molecular flexibility index (Phi) is 24.6. The number of aliphatic carboxylic acids is 2. The molecule has 1 aromatic carbocycles. The number of carboxylic acids is 2. The molecule has 0 aliphatic carbocycles. The summed E-state index contributed by atoms with van der Waals surface area (Å²) in [6, 6.07) is 3.37. The minimum atomic E-state index is -4.74. The zero-order valence-electron chi connectivity index (χ0n) is 47.5. The van der Waals surface area contributed by atoms with Crippen LogP contribution in [0.2, 0.25) is 0 Å². The molecule has 80 heavy (non-hydrogen) atoms. The Morgan fingerprint density at radius 1 is 0.838 bits per heavy atom. The molecule has 22 nitrogen and oxygen atoms in total. The second-order valence-electron chi connectivity index (χ2n) is 22.0. The fraction of sp³-hybridized carbons (Fsp3) is 0.727. The first kappa shape index (κ1) is 66.9. The molecule has 0 unspecified atom stereocenters. The van der Waals surface area contributed by atoms with E-state index in [0.717, 1.165) is 44.7 Å². The molecule has 0 radical (unpaired) electrons. The Morgan fingerprint density at radius 2 is 1.48 bits per heavy atom. The van der Waals surface area contributed by atoms with Gasteiger partial charge in [-0.3, -0.25) is 19.2 Å². The maximum Gasteiger partial charge on any atom is 0.442 e. The fourth-order valence-corrected chi connectivity index (χ4v) is 10.2. The van der Waals surface area contributed by atoms with Gasteiger partial charge in [0.15, 0.2) is 12.4 Å². The maximum atomic E-state index is 13.5. The number of methoxy groups -OCH3 is 2. The Balaban J connectivity index is 1.21. The zero-order chi connectivity index (χ0) is 60.0. The predicted octanol–water partition coefficient (Wildman–Crippen LogP) is 6.41. The van der Waals surface area contributed by atoms with Gasteiger partial charge in [0.2, 0.25) is 0 Å². The van der Waals surface area contributed by atoms with E-state index in [9.17, 15) is 67.5 Å². The van der Waals surface area contributed by atoms with Crippen LogP contribution in [0.1, 0.15) is 142 Å². The van der Waals surface area contributed by atoms with Crippen molar-refractivity contribution in [2.45, 2.75) is 187 Å². The first-order chi connectivity index (χ1) is 37.4. The lowest BCUT2D eigenvalue weighted by molar-refractivity contribution is -0.338. The second kappa shape index (κ2) is 29.4. The molecule has 2 amide bonds. The normalized spacial score (nSPS) is 24.2. The average molecular weight is 1140 g/mol. The van der Waals surface area contributed by atoms with Gasteiger partial charge in [-0.05, 0) is 94.1 Å². The molecule has 0 aromatic heterocycles. The number of oxime groups is 1. The topological polar surface area (TPSA) is 320 Å². The maximum absolute atomic E-state index is 13.5. The molecule has 25 heteroatoms. The lowest BCUT2D eigenvalue weighted by atomic mass is 9.79. The standard InChI is InChI=1S/C55H82F3N5O17/c1-28(2)47(78-45(69)26-40(66)46(52(73)74)34(8)51(71)72)49(76-11)41(67)25-39(65)33(7)38(64)16-12-31(5)48-32(6)19-21-53(80-48)20-18-30(4)42(79-53)17-13-29(3)35(9)61-77-27-44(68)59-22-23-60-50(70)37-15-14-36(24-43(37)75-10)54(62-63-54)55(56,57)58/h14-15,24,28-33,38,40-42,47-49,64,66-67H,12-13,16-23,25-27H2,1-11H3,(H,59,68)(H,60,70)(H,71,72)(H,73,74)/b46-34-,61-35+/t29-,30+,31+,32-,33-,38-,40+,41+,42-,47+,48-,49-,53+/m0/s1. The van der Waals surface area contributed by atoms with Crippen molar-refractivity contribution >= 4 is 41.2 Å². The van der Waals surface area contributed by atoms with E-state index >= 15 is 0 Å². The number of rotatable bonds is 31. The summed E-state index contributed by atoms with van der Waals surface area (Å²) in [4.78, 5) is 80.0. The lowest BCUT2D eigenvalue weighted by Gasteiger charge is -2.51. The van der Waals surface area contributed by atoms with Crippen LogP contribution in [-0.2, 0) is 53.4 Å². The number of ether oxygens (including phenoxy) is 5. The molecule has 450 valence electrons. The Morgan fingerprint density at radius 3 is 2.05 bits per heavy atom. The SMILES string of the molecule is COc1cc(C2(C(F)(F)F)N=N2)ccc1C(=O)NCCNC(=O)CO/N=C(\C)[C@@H](C)CC[C@@H]1O[C@@]2(CC[C@H]1C)CC[C@H](C)[C@H]([C@H](C)CC[C@H](O)[C@H](C)C(=O)C[C@@H](O)[C@H](OC)[C@H](OC(=O)C[C@@H](O)/C(C(=O)O)=C(\C)C(=O)O)C(C)C)O2. The molecule has 2 saturated heterocycles. The number of hydrogen-bond donors (Lipinski definition) is 7. The monoisotopic (exact) mass is 1140 g/mol. The molecular weight excluding hydrogens is 1060 g/mol. The highest BCUT2D eigenvalue weighted by molar-refractivity contribution is 5.99. The van der Waals surface area contributed by atoms with Crippen LogP contribution >= 0.6 is 0 Å². The van der Waals surface area contributed by atoms with Gasteiger partial charge >= 0.3 is 29.7 Å². The Hall–Kier alpha value is -5.60. The molecule has 3 heterocycles. The van der Waals surface area contributed by atoms with Crippen LogP contribution in [0.25, 0.3) is 0 Å². The molecule has 4 rings (SSSR count). The van der Waals surface area contributed by atoms with E-state index in [1.54, 1.807) is 20.8 Å². The van der Waals surface area contributed by atoms with E-state index in [1.165, 1.54) is 20.3 Å². The van der Waals surface area contributed by atoms with Crippen molar-refractivity contribution in [1.82, 2.24) is 10.6 Å². The first-order valence-corrected chi connectivity index (χ1v) is 27.2. The summed E-state index contributed by atoms with van der Waals surface area (Å²) in [7, 11) is 2.47. The van der Waals surface area contributed by atoms with Gasteiger partial charge in [0, 0.05) is 56.5 Å². The quantitative estimate of drug-likeness (QED) is 0.0139. The van der Waals surface area contributed by atoms with Gasteiger partial charge in [-0.2, -0.15) is 13.2 Å². The molecular formula is C55H82F3N5O17. The molecule has 3 aliphatic rings. The summed E-state index contributed by atoms with van der Waals surface area (Å²) in [5.41, 5.74) is -3.82. The number of aliphatic hydroxyl groups excluding tert-OH is 3. The molecule has 0 bridgehead atoms. The van der Waals surface area contributed by atoms with Crippen LogP contribution in [0.5, 0.6) is 5.75 Å². The molecule has 1 spiro atoms. The van der Waals surface area contributed by atoms with E-state index in [0.29, 0.717) is 25.0 Å². The van der Waals surface area contributed by atoms with Gasteiger partial charge in [-0.25, -0.2) is 9.59 Å². The van der Waals surface area contributed by atoms with E-state index in [2.05, 4.69) is 46.8 Å². The third-order valence-electron chi connectivity index (χ3n) is 15.7. The van der Waals surface area contributed by atoms with Crippen molar-refractivity contribution in [2.75, 3.05) is 33.9 Å². The van der Waals surface area contributed by atoms with Crippen LogP contribution in [0.15, 0.2) is 44.7 Å². The van der Waals surface area contributed by atoms with Crippen molar-refractivity contribution in [3.63, 3.8) is 0 Å². The smallest absolute Gasteiger partial charge is 0.442 e. The summed E-state index contributed by atoms with van der Waals surface area (Å²) in [6.45, 7) is 15.7. The molecule has 2 fully saturated rings. The number of halogens is 3. The summed E-state index contributed by atoms with van der Waals surface area (Å²) >= 11 is 0. The van der Waals surface area contributed by atoms with Gasteiger partial charge in [0.25, 0.3) is 11.8 Å². The molecule has 1 aromatic rings. The van der Waals surface area contributed by atoms with Gasteiger partial charge < -0.3 is 64.7 Å². The number of Topliss-reactive ketones (excluding diaryl/α,β-unsaturated/α-hetero) is 1. The Labute approximate surface area is 464 Å². The van der Waals surface area contributed by atoms with Crippen LogP contribution < -0.4 is 15.4 Å². The number of aliphatic hydroxyl groups is 3. The van der Waals surface area contributed by atoms with E-state index in [-0.39, 0.29) is 78.9 Å². The predicted molar refractivity (Wildman–Crippen MR) is 281 cm³/mol. The van der Waals surface area contributed by atoms with Crippen LogP contribution in [0, 0.1) is 35.5 Å². The third kappa shape index (κ3) is 17.7. The van der Waals surface area contributed by atoms with Crippen LogP contribution in [0.4, 0.5) is 13.2 Å². The fourth-order valence-electron chi connectivity index (χ4n) is 10.2. The van der Waals surface area contributed by atoms with Crippen LogP contribution in [-0.4, -0.2) is 155 Å². The number of carbonyl (C=O) groups excluding carboxylic acids is 4. The number of hydrogen-bond acceptors (Lipinski definition) is 18. The van der Waals surface area contributed by atoms with Crippen molar-refractivity contribution in [3.05, 3.63) is 40.5 Å². The van der Waals surface area contributed by atoms with Crippen molar-refractivity contribution in [2.24, 2.45) is 50.9 Å². The van der Waals surface area contributed by atoms with Gasteiger partial charge in [0.1, 0.15) is 23.7 Å². The minimum Gasteiger partial charge on any atom is -0.496 e. The van der Waals surface area contributed by atoms with E-state index in [4.69, 9.17) is 28.5 Å². The number of amides is 2. The summed E-state index contributed by atoms with van der Waals surface area (Å²) < 4.78 is 70.3. The number of alkyl halides is 3. The lowest BCUT2D eigenvalue weighted by Crippen LogP contribution is -2.53. The number of nitrogens with one attached hydrogen (secondary N) is 2. The van der Waals surface area contributed by atoms with Crippen LogP contribution in [0.3, 0.4) is 0 Å². The molecule has 7 N–H and O–H groups in total. The second-order valence-corrected chi connectivity index (χ2v) is 22.0. The Bertz CT molecular complexity index is 2410. The number of esters is 1. The highest BCUT2D eigenvalue weighted by atomic mass is 19.4. The average Bonchev–Trinajstić information content (AvgIpc) is 4.23. The van der Waals surface area contributed by atoms with Crippen molar-refractivity contribution < 1.29 is 96.0 Å². The molecule has 13 atom stereocenters. The largest absolute Gasteiger partial charge is 0.496 e. The van der Waals surface area contributed by atoms with Gasteiger partial charge in [-0.15, -0.1) is 10.2 Å². The summed E-state index contributed by atoms with van der Waals surface area (Å²) in [6.07, 6.45) is -7.95. The number of benzene rings is 1. The van der Waals surface area contributed by atoms with Crippen molar-refractivity contribution in [1.29, 1.82) is 0 Å². The third-order valence-corrected chi connectivity index (χ3v) is 15.7. The summed E-state index contributed by atoms with van der Waals surface area (Å²) in [5.74, 6) is -7.84. The number of carboxylic acid groups (broad SMARTS) is 2. The number of ketones is 1. The minimum absolute atomic E-state index is 0.00290. The first-order valence-electron chi connectivity index (χ1n) is 27.2. The number of nitrogens with zero attached hydrogens (tertiary/aromatic N) is 3. The highest BCUT2D eigenvalue weighted by Gasteiger charge is 2.65. The van der Waals surface area contributed by atoms with Gasteiger partial charge in [0.05, 0.1) is 60.9 Å². The highest BCUT2D eigenvalue weighted by Crippen LogP contribution is 2.53. The van der Waals surface area contributed by atoms with Gasteiger partial charge in [-0.1, -0.05) is 59.7 Å². The number of carbonyl (C=O) groups is 6. The zero-order valence-corrected chi connectivity index (χ0v) is 47.5. The molecule has 3 aliphatic heterocycles. The summed E-state index contributed by atoms with van der Waals surface area (Å²) in [5, 5.41) is 67.3. The van der Waals surface area contributed by atoms with E-state index < -0.39 is 119 Å². The molecule has 0 saturated carbocycles. The van der Waals surface area contributed by atoms with E-state index in [1.807, 2.05) is 13.8 Å².